The fourth-order valence-electron chi connectivity index (χ4n) is 4.88. The fraction of sp³-hybridized carbons (Fsp3) is 0.172. The lowest BCUT2D eigenvalue weighted by Crippen LogP contribution is -2.00. The van der Waals surface area contributed by atoms with Crippen molar-refractivity contribution < 1.29 is 14.0 Å². The molecule has 190 valence electrons. The lowest BCUT2D eigenvalue weighted by molar-refractivity contribution is 0.393. The van der Waals surface area contributed by atoms with Crippen molar-refractivity contribution in [2.75, 3.05) is 19.5 Å². The van der Waals surface area contributed by atoms with Crippen molar-refractivity contribution in [3.63, 3.8) is 0 Å². The van der Waals surface area contributed by atoms with Crippen molar-refractivity contribution in [2.24, 2.45) is 0 Å². The molecule has 0 unspecified atom stereocenters. The molecule has 0 aliphatic heterocycles. The Hall–Kier alpha value is -4.92. The van der Waals surface area contributed by atoms with Crippen molar-refractivity contribution in [3.8, 4) is 33.9 Å². The second-order valence-electron chi connectivity index (χ2n) is 9.02. The molecular formula is C29H26N6O3. The molecule has 4 heterocycles. The van der Waals surface area contributed by atoms with Gasteiger partial charge in [-0.2, -0.15) is 0 Å². The summed E-state index contributed by atoms with van der Waals surface area (Å²) in [7, 11) is 3.31. The smallest absolute Gasteiger partial charge is 0.144 e. The van der Waals surface area contributed by atoms with E-state index in [0.29, 0.717) is 17.4 Å². The summed E-state index contributed by atoms with van der Waals surface area (Å²) in [4.78, 5) is 17.5. The number of nitrogens with zero attached hydrogens (tertiary/aromatic N) is 4. The van der Waals surface area contributed by atoms with Crippen molar-refractivity contribution in [1.29, 1.82) is 0 Å². The maximum atomic E-state index is 5.82. The van der Waals surface area contributed by atoms with Crippen LogP contribution < -0.4 is 14.8 Å². The molecule has 0 aliphatic rings. The molecule has 0 aliphatic carbocycles. The molecule has 0 radical (unpaired) electrons. The van der Waals surface area contributed by atoms with Crippen LogP contribution in [-0.2, 0) is 0 Å². The maximum Gasteiger partial charge on any atom is 0.144 e. The van der Waals surface area contributed by atoms with E-state index in [9.17, 15) is 0 Å². The first-order chi connectivity index (χ1) is 18.5. The van der Waals surface area contributed by atoms with Crippen LogP contribution in [0.3, 0.4) is 0 Å². The molecule has 9 nitrogen and oxygen atoms in total. The van der Waals surface area contributed by atoms with Crippen LogP contribution in [0.25, 0.3) is 44.3 Å². The van der Waals surface area contributed by atoms with Gasteiger partial charge < -0.3 is 24.3 Å². The first-order valence-electron chi connectivity index (χ1n) is 12.1. The highest BCUT2D eigenvalue weighted by atomic mass is 16.5. The number of aromatic nitrogens is 5. The number of nitrogens with one attached hydrogen (secondary N) is 2. The molecular weight excluding hydrogens is 480 g/mol. The zero-order valence-electron chi connectivity index (χ0n) is 21.7. The predicted molar refractivity (Wildman–Crippen MR) is 147 cm³/mol. The molecule has 9 heteroatoms. The second kappa shape index (κ2) is 9.19. The number of anilines is 2. The molecule has 2 N–H and O–H groups in total. The number of hydrogen-bond donors (Lipinski definition) is 2. The molecule has 0 saturated heterocycles. The maximum absolute atomic E-state index is 5.82. The molecule has 4 aromatic heterocycles. The Morgan fingerprint density at radius 2 is 1.79 bits per heavy atom. The van der Waals surface area contributed by atoms with Crippen LogP contribution in [0.15, 0.2) is 59.3 Å². The van der Waals surface area contributed by atoms with Crippen LogP contribution in [0.2, 0.25) is 0 Å². The highest BCUT2D eigenvalue weighted by Gasteiger charge is 2.21. The lowest BCUT2D eigenvalue weighted by atomic mass is 10.0. The van der Waals surface area contributed by atoms with Crippen LogP contribution in [0.1, 0.15) is 17.3 Å². The SMILES string of the molecule is COc1ccc(Nc2nc(C)nc3[nH]c4cc(-c5c(C)noc5C)c(OC)cc4c23)c(-c2ccccn2)c1. The average Bonchev–Trinajstić information content (AvgIpc) is 3.46. The van der Waals surface area contributed by atoms with E-state index in [1.165, 1.54) is 0 Å². The molecule has 38 heavy (non-hydrogen) atoms. The third-order valence-electron chi connectivity index (χ3n) is 6.61. The Morgan fingerprint density at radius 3 is 2.50 bits per heavy atom. The van der Waals surface area contributed by atoms with E-state index in [2.05, 4.69) is 20.4 Å². The number of hydrogen-bond acceptors (Lipinski definition) is 8. The number of benzene rings is 2. The van der Waals surface area contributed by atoms with Gasteiger partial charge in [-0.1, -0.05) is 11.2 Å². The van der Waals surface area contributed by atoms with Gasteiger partial charge in [0.25, 0.3) is 0 Å². The number of pyridine rings is 1. The number of rotatable bonds is 6. The molecule has 0 spiro atoms. The van der Waals surface area contributed by atoms with E-state index in [1.807, 2.05) is 69.3 Å². The summed E-state index contributed by atoms with van der Waals surface area (Å²) < 4.78 is 16.7. The summed E-state index contributed by atoms with van der Waals surface area (Å²) in [6, 6.07) is 15.7. The van der Waals surface area contributed by atoms with Gasteiger partial charge in [0.05, 0.1) is 36.6 Å². The summed E-state index contributed by atoms with van der Waals surface area (Å²) in [5, 5.41) is 9.46. The molecule has 0 fully saturated rings. The Balaban J connectivity index is 1.55. The van der Waals surface area contributed by atoms with E-state index in [-0.39, 0.29) is 0 Å². The van der Waals surface area contributed by atoms with Crippen LogP contribution in [0.5, 0.6) is 11.5 Å². The summed E-state index contributed by atoms with van der Waals surface area (Å²) in [6.45, 7) is 5.69. The number of fused-ring (bicyclic) bond motifs is 3. The van der Waals surface area contributed by atoms with Crippen molar-refractivity contribution >= 4 is 33.4 Å². The van der Waals surface area contributed by atoms with E-state index in [0.717, 1.165) is 67.2 Å². The molecule has 2 aromatic carbocycles. The highest BCUT2D eigenvalue weighted by Crippen LogP contribution is 2.41. The number of methoxy groups -OCH3 is 2. The van der Waals surface area contributed by atoms with Gasteiger partial charge in [-0.05, 0) is 63.2 Å². The Bertz CT molecular complexity index is 1790. The van der Waals surface area contributed by atoms with Crippen LogP contribution in [-0.4, -0.2) is 39.3 Å². The van der Waals surface area contributed by atoms with Crippen molar-refractivity contribution in [1.82, 2.24) is 25.1 Å². The highest BCUT2D eigenvalue weighted by molar-refractivity contribution is 6.13. The number of ether oxygens (including phenoxy) is 2. The summed E-state index contributed by atoms with van der Waals surface area (Å²) in [6.07, 6.45) is 1.77. The van der Waals surface area contributed by atoms with Gasteiger partial charge in [0.1, 0.15) is 34.5 Å². The number of aryl methyl sites for hydroxylation is 3. The van der Waals surface area contributed by atoms with E-state index in [1.54, 1.807) is 20.4 Å². The van der Waals surface area contributed by atoms with Gasteiger partial charge in [0.15, 0.2) is 0 Å². The zero-order chi connectivity index (χ0) is 26.4. The molecule has 0 saturated carbocycles. The minimum Gasteiger partial charge on any atom is -0.497 e. The molecule has 0 bridgehead atoms. The Labute approximate surface area is 218 Å². The monoisotopic (exact) mass is 506 g/mol. The Kier molecular flexibility index (Phi) is 5.68. The standard InChI is InChI=1S/C29H26N6O3/c1-15-26(16(2)38-35-15)21-13-24-20(14-25(21)37-5)27-28(31-17(3)32-29(27)34-24)33-23-10-9-18(36-4)12-19(23)22-8-6-7-11-30-22/h6-14H,1-5H3,(H2,31,32,33,34). The molecule has 6 rings (SSSR count). The van der Waals surface area contributed by atoms with E-state index in [4.69, 9.17) is 24.0 Å². The third kappa shape index (κ3) is 3.88. The van der Waals surface area contributed by atoms with Gasteiger partial charge in [0.2, 0.25) is 0 Å². The summed E-state index contributed by atoms with van der Waals surface area (Å²) in [5.41, 5.74) is 6.80. The predicted octanol–water partition coefficient (Wildman–Crippen LogP) is 6.51. The molecule has 0 amide bonds. The minimum atomic E-state index is 0.636. The van der Waals surface area contributed by atoms with Gasteiger partial charge in [0, 0.05) is 33.9 Å². The average molecular weight is 507 g/mol. The lowest BCUT2D eigenvalue weighted by Gasteiger charge is -2.14. The van der Waals surface area contributed by atoms with Gasteiger partial charge in [-0.3, -0.25) is 4.98 Å². The third-order valence-corrected chi connectivity index (χ3v) is 6.61. The second-order valence-corrected chi connectivity index (χ2v) is 9.02. The number of aromatic amines is 1. The van der Waals surface area contributed by atoms with Crippen molar-refractivity contribution in [2.45, 2.75) is 20.8 Å². The largest absolute Gasteiger partial charge is 0.497 e. The first-order valence-corrected chi connectivity index (χ1v) is 12.1. The minimum absolute atomic E-state index is 0.636. The summed E-state index contributed by atoms with van der Waals surface area (Å²) >= 11 is 0. The summed E-state index contributed by atoms with van der Waals surface area (Å²) in [5.74, 6) is 3.49. The quantitative estimate of drug-likeness (QED) is 0.263. The van der Waals surface area contributed by atoms with Gasteiger partial charge in [-0.25, -0.2) is 9.97 Å². The zero-order valence-corrected chi connectivity index (χ0v) is 21.7. The van der Waals surface area contributed by atoms with E-state index < -0.39 is 0 Å². The Morgan fingerprint density at radius 1 is 0.921 bits per heavy atom. The van der Waals surface area contributed by atoms with Gasteiger partial charge in [-0.15, -0.1) is 0 Å². The normalized spacial score (nSPS) is 11.3. The van der Waals surface area contributed by atoms with Gasteiger partial charge >= 0.3 is 0 Å². The number of H-pyrrole nitrogens is 1. The van der Waals surface area contributed by atoms with E-state index >= 15 is 0 Å². The fourth-order valence-corrected chi connectivity index (χ4v) is 4.88. The molecule has 6 aromatic rings. The topological polar surface area (TPSA) is 111 Å². The van der Waals surface area contributed by atoms with Crippen molar-refractivity contribution in [3.05, 3.63) is 72.0 Å². The van der Waals surface area contributed by atoms with Crippen LogP contribution >= 0.6 is 0 Å². The van der Waals surface area contributed by atoms with Crippen LogP contribution in [0.4, 0.5) is 11.5 Å². The molecule has 0 atom stereocenters. The first kappa shape index (κ1) is 23.5. The van der Waals surface area contributed by atoms with Crippen LogP contribution in [0, 0.1) is 20.8 Å².